The molecule has 1 aromatic carbocycles. The largest absolute Gasteiger partial charge is 0.341 e. The van der Waals surface area contributed by atoms with Crippen LogP contribution in [0.2, 0.25) is 0 Å². The lowest BCUT2D eigenvalue weighted by Crippen LogP contribution is -2.26. The summed E-state index contributed by atoms with van der Waals surface area (Å²) in [6, 6.07) is 8.19. The van der Waals surface area contributed by atoms with Crippen molar-refractivity contribution in [1.82, 2.24) is 20.5 Å². The van der Waals surface area contributed by atoms with Gasteiger partial charge in [-0.2, -0.15) is 10.4 Å². The van der Waals surface area contributed by atoms with Gasteiger partial charge in [-0.15, -0.1) is 0 Å². The SMILES string of the molecule is N#CC1=C(C2CCC2)Nc2n[nH]cc2C1c1cccc2nonc12. The smallest absolute Gasteiger partial charge is 0.156 e. The van der Waals surface area contributed by atoms with Crippen LogP contribution in [-0.4, -0.2) is 20.5 Å². The minimum Gasteiger partial charge on any atom is -0.341 e. The summed E-state index contributed by atoms with van der Waals surface area (Å²) in [7, 11) is 0. The summed E-state index contributed by atoms with van der Waals surface area (Å²) in [4.78, 5) is 0. The molecule has 7 nitrogen and oxygen atoms in total. The molecule has 0 amide bonds. The van der Waals surface area contributed by atoms with E-state index in [2.05, 4.69) is 31.9 Å². The van der Waals surface area contributed by atoms with Gasteiger partial charge in [-0.3, -0.25) is 5.10 Å². The Morgan fingerprint density at radius 1 is 1.21 bits per heavy atom. The van der Waals surface area contributed by atoms with Crippen molar-refractivity contribution in [2.45, 2.75) is 25.2 Å². The molecular weight excluding hydrogens is 304 g/mol. The average Bonchev–Trinajstić information content (AvgIpc) is 3.20. The molecule has 7 heteroatoms. The lowest BCUT2D eigenvalue weighted by atomic mass is 9.75. The quantitative estimate of drug-likeness (QED) is 0.752. The van der Waals surface area contributed by atoms with E-state index >= 15 is 0 Å². The maximum Gasteiger partial charge on any atom is 0.156 e. The van der Waals surface area contributed by atoms with Crippen LogP contribution in [0.25, 0.3) is 11.0 Å². The van der Waals surface area contributed by atoms with Crippen molar-refractivity contribution in [3.8, 4) is 6.07 Å². The lowest BCUT2D eigenvalue weighted by Gasteiger charge is -2.34. The molecule has 1 unspecified atom stereocenters. The first kappa shape index (κ1) is 13.3. The number of fused-ring (bicyclic) bond motifs is 2. The second kappa shape index (κ2) is 4.93. The molecule has 1 saturated carbocycles. The van der Waals surface area contributed by atoms with Crippen LogP contribution in [-0.2, 0) is 0 Å². The Kier molecular flexibility index (Phi) is 2.73. The fourth-order valence-electron chi connectivity index (χ4n) is 3.65. The maximum absolute atomic E-state index is 9.91. The summed E-state index contributed by atoms with van der Waals surface area (Å²) in [6.45, 7) is 0. The van der Waals surface area contributed by atoms with Gasteiger partial charge in [0.25, 0.3) is 0 Å². The number of rotatable bonds is 2. The predicted molar refractivity (Wildman–Crippen MR) is 85.8 cm³/mol. The summed E-state index contributed by atoms with van der Waals surface area (Å²) >= 11 is 0. The molecule has 1 aliphatic carbocycles. The van der Waals surface area contributed by atoms with Gasteiger partial charge < -0.3 is 5.32 Å². The van der Waals surface area contributed by atoms with Crippen LogP contribution in [0.1, 0.15) is 36.3 Å². The van der Waals surface area contributed by atoms with Gasteiger partial charge in [-0.1, -0.05) is 18.6 Å². The van der Waals surface area contributed by atoms with Gasteiger partial charge in [-0.05, 0) is 34.8 Å². The third-order valence-electron chi connectivity index (χ3n) is 5.07. The molecule has 3 aromatic rings. The van der Waals surface area contributed by atoms with Crippen molar-refractivity contribution in [2.75, 3.05) is 5.32 Å². The number of nitrogens with zero attached hydrogens (tertiary/aromatic N) is 4. The van der Waals surface area contributed by atoms with Gasteiger partial charge in [0, 0.05) is 23.4 Å². The van der Waals surface area contributed by atoms with Gasteiger partial charge >= 0.3 is 0 Å². The molecule has 1 aliphatic heterocycles. The van der Waals surface area contributed by atoms with E-state index < -0.39 is 0 Å². The van der Waals surface area contributed by atoms with Crippen molar-refractivity contribution in [3.63, 3.8) is 0 Å². The summed E-state index contributed by atoms with van der Waals surface area (Å²) in [5.41, 5.74) is 5.00. The van der Waals surface area contributed by atoms with Crippen LogP contribution < -0.4 is 5.32 Å². The van der Waals surface area contributed by atoms with E-state index in [1.54, 1.807) is 0 Å². The second-order valence-corrected chi connectivity index (χ2v) is 6.29. The Bertz CT molecular complexity index is 1000. The second-order valence-electron chi connectivity index (χ2n) is 6.29. The molecule has 3 heterocycles. The van der Waals surface area contributed by atoms with E-state index in [0.717, 1.165) is 41.1 Å². The number of benzene rings is 1. The Balaban J connectivity index is 1.77. The highest BCUT2D eigenvalue weighted by Crippen LogP contribution is 2.46. The molecule has 1 atom stereocenters. The first-order valence-electron chi connectivity index (χ1n) is 8.03. The van der Waals surface area contributed by atoms with Crippen LogP contribution in [0, 0.1) is 17.2 Å². The van der Waals surface area contributed by atoms with Crippen LogP contribution in [0.5, 0.6) is 0 Å². The summed E-state index contributed by atoms with van der Waals surface area (Å²) < 4.78 is 4.90. The Hall–Kier alpha value is -3.14. The molecule has 2 aromatic heterocycles. The fraction of sp³-hybridized carbons (Fsp3) is 0.294. The van der Waals surface area contributed by atoms with E-state index in [9.17, 15) is 5.26 Å². The Morgan fingerprint density at radius 3 is 2.92 bits per heavy atom. The minimum atomic E-state index is -0.212. The van der Waals surface area contributed by atoms with E-state index in [1.165, 1.54) is 6.42 Å². The number of allylic oxidation sites excluding steroid dienone is 2. The van der Waals surface area contributed by atoms with Gasteiger partial charge in [0.15, 0.2) is 5.82 Å². The molecule has 1 fully saturated rings. The van der Waals surface area contributed by atoms with Crippen molar-refractivity contribution >= 4 is 16.9 Å². The van der Waals surface area contributed by atoms with Crippen LogP contribution in [0.4, 0.5) is 5.82 Å². The normalized spacial score (nSPS) is 20.4. The fourth-order valence-corrected chi connectivity index (χ4v) is 3.65. The van der Waals surface area contributed by atoms with E-state index in [-0.39, 0.29) is 5.92 Å². The van der Waals surface area contributed by atoms with Crippen LogP contribution in [0.15, 0.2) is 40.3 Å². The van der Waals surface area contributed by atoms with Crippen molar-refractivity contribution in [3.05, 3.63) is 46.8 Å². The number of hydrogen-bond donors (Lipinski definition) is 2. The summed E-state index contributed by atoms with van der Waals surface area (Å²) in [6.07, 6.45) is 5.26. The number of aromatic amines is 1. The zero-order valence-electron chi connectivity index (χ0n) is 12.8. The number of anilines is 1. The number of H-pyrrole nitrogens is 1. The number of aromatic nitrogens is 4. The molecule has 0 radical (unpaired) electrons. The van der Waals surface area contributed by atoms with Crippen LogP contribution in [0.3, 0.4) is 0 Å². The number of hydrogen-bond acceptors (Lipinski definition) is 6. The van der Waals surface area contributed by atoms with Crippen LogP contribution >= 0.6 is 0 Å². The molecular formula is C17H14N6O. The molecule has 0 bridgehead atoms. The van der Waals surface area contributed by atoms with Gasteiger partial charge in [-0.25, -0.2) is 4.63 Å². The van der Waals surface area contributed by atoms with Gasteiger partial charge in [0.05, 0.1) is 17.6 Å². The number of nitrogens with one attached hydrogen (secondary N) is 2. The topological polar surface area (TPSA) is 103 Å². The highest BCUT2D eigenvalue weighted by Gasteiger charge is 2.37. The monoisotopic (exact) mass is 318 g/mol. The van der Waals surface area contributed by atoms with Crippen molar-refractivity contribution in [1.29, 1.82) is 5.26 Å². The Morgan fingerprint density at radius 2 is 2.12 bits per heavy atom. The van der Waals surface area contributed by atoms with Crippen molar-refractivity contribution in [2.24, 2.45) is 5.92 Å². The molecule has 5 rings (SSSR count). The molecule has 2 aliphatic rings. The molecule has 0 saturated heterocycles. The first-order chi connectivity index (χ1) is 11.9. The number of nitriles is 1. The highest BCUT2D eigenvalue weighted by molar-refractivity contribution is 5.80. The zero-order valence-corrected chi connectivity index (χ0v) is 12.8. The minimum absolute atomic E-state index is 0.212. The lowest BCUT2D eigenvalue weighted by molar-refractivity contribution is 0.315. The summed E-state index contributed by atoms with van der Waals surface area (Å²) in [5.74, 6) is 0.979. The van der Waals surface area contributed by atoms with E-state index in [4.69, 9.17) is 4.63 Å². The third-order valence-corrected chi connectivity index (χ3v) is 5.07. The molecule has 0 spiro atoms. The maximum atomic E-state index is 9.91. The standard InChI is InChI=1S/C17H14N6O/c18-7-11-14(10-5-2-6-13-16(10)23-24-22-13)12-8-19-21-17(12)20-15(11)9-3-1-4-9/h2,5-6,8-9,14H,1,3-4H2,(H2,19,20,21). The summed E-state index contributed by atoms with van der Waals surface area (Å²) in [5, 5.41) is 28.5. The molecule has 24 heavy (non-hydrogen) atoms. The molecule has 2 N–H and O–H groups in total. The van der Waals surface area contributed by atoms with Gasteiger partial charge in [0.2, 0.25) is 0 Å². The van der Waals surface area contributed by atoms with Gasteiger partial charge in [0.1, 0.15) is 11.0 Å². The van der Waals surface area contributed by atoms with E-state index in [0.29, 0.717) is 17.0 Å². The predicted octanol–water partition coefficient (Wildman–Crippen LogP) is 3.08. The zero-order chi connectivity index (χ0) is 16.1. The Labute approximate surface area is 137 Å². The third kappa shape index (κ3) is 1.74. The van der Waals surface area contributed by atoms with E-state index in [1.807, 2.05) is 24.4 Å². The highest BCUT2D eigenvalue weighted by atomic mass is 16.6. The average molecular weight is 318 g/mol. The van der Waals surface area contributed by atoms with Crippen molar-refractivity contribution < 1.29 is 4.63 Å². The molecule has 118 valence electrons. The first-order valence-corrected chi connectivity index (χ1v) is 8.03.